The van der Waals surface area contributed by atoms with E-state index < -0.39 is 0 Å². The first-order valence-corrected chi connectivity index (χ1v) is 5.41. The SMILES string of the molecule is COc1ccccc1N=C(C)n1ccc(C)n1. The Labute approximate surface area is 101 Å². The third kappa shape index (κ3) is 2.53. The van der Waals surface area contributed by atoms with Crippen molar-refractivity contribution in [3.8, 4) is 5.75 Å². The Kier molecular flexibility index (Phi) is 3.23. The monoisotopic (exact) mass is 229 g/mol. The smallest absolute Gasteiger partial charge is 0.144 e. The molecule has 0 spiro atoms. The van der Waals surface area contributed by atoms with E-state index in [0.717, 1.165) is 23.0 Å². The molecule has 0 N–H and O–H groups in total. The number of benzene rings is 1. The molecule has 0 saturated carbocycles. The highest BCUT2D eigenvalue weighted by Gasteiger charge is 2.02. The van der Waals surface area contributed by atoms with Crippen LogP contribution in [-0.2, 0) is 0 Å². The molecule has 4 heteroatoms. The maximum atomic E-state index is 5.25. The van der Waals surface area contributed by atoms with E-state index in [-0.39, 0.29) is 0 Å². The summed E-state index contributed by atoms with van der Waals surface area (Å²) in [6, 6.07) is 9.61. The molecule has 0 aliphatic heterocycles. The highest BCUT2D eigenvalue weighted by Crippen LogP contribution is 2.26. The van der Waals surface area contributed by atoms with Crippen molar-refractivity contribution in [2.24, 2.45) is 4.99 Å². The Balaban J connectivity index is 2.35. The standard InChI is InChI=1S/C13H15N3O/c1-10-8-9-16(15-10)11(2)14-12-6-4-5-7-13(12)17-3/h4-9H,1-3H3. The van der Waals surface area contributed by atoms with Crippen LogP contribution in [0.5, 0.6) is 5.75 Å². The van der Waals surface area contributed by atoms with Crippen LogP contribution in [0.1, 0.15) is 12.6 Å². The number of aliphatic imine (C=N–C) groups is 1. The summed E-state index contributed by atoms with van der Waals surface area (Å²) >= 11 is 0. The van der Waals surface area contributed by atoms with Crippen LogP contribution < -0.4 is 4.74 Å². The summed E-state index contributed by atoms with van der Waals surface area (Å²) in [6.07, 6.45) is 1.89. The van der Waals surface area contributed by atoms with Gasteiger partial charge in [0.25, 0.3) is 0 Å². The molecule has 0 bridgehead atoms. The molecule has 0 saturated heterocycles. The maximum absolute atomic E-state index is 5.25. The van der Waals surface area contributed by atoms with Gasteiger partial charge in [0.15, 0.2) is 0 Å². The van der Waals surface area contributed by atoms with Crippen LogP contribution in [0.3, 0.4) is 0 Å². The van der Waals surface area contributed by atoms with Crippen molar-refractivity contribution < 1.29 is 4.74 Å². The quantitative estimate of drug-likeness (QED) is 0.586. The zero-order valence-corrected chi connectivity index (χ0v) is 10.2. The molecule has 1 heterocycles. The van der Waals surface area contributed by atoms with Gasteiger partial charge in [-0.3, -0.25) is 0 Å². The summed E-state index contributed by atoms with van der Waals surface area (Å²) in [5.41, 5.74) is 1.78. The van der Waals surface area contributed by atoms with Gasteiger partial charge in [0, 0.05) is 6.20 Å². The fraction of sp³-hybridized carbons (Fsp3) is 0.231. The highest BCUT2D eigenvalue weighted by molar-refractivity contribution is 5.84. The fourth-order valence-electron chi connectivity index (χ4n) is 1.54. The molecule has 0 radical (unpaired) electrons. The lowest BCUT2D eigenvalue weighted by Gasteiger charge is -2.05. The summed E-state index contributed by atoms with van der Waals surface area (Å²) in [5, 5.41) is 4.31. The van der Waals surface area contributed by atoms with Gasteiger partial charge < -0.3 is 4.74 Å². The molecule has 0 atom stereocenters. The van der Waals surface area contributed by atoms with Crippen LogP contribution in [0, 0.1) is 6.92 Å². The Morgan fingerprint density at radius 2 is 2.06 bits per heavy atom. The average Bonchev–Trinajstić information content (AvgIpc) is 2.77. The lowest BCUT2D eigenvalue weighted by molar-refractivity contribution is 0.416. The minimum Gasteiger partial charge on any atom is -0.494 e. The van der Waals surface area contributed by atoms with Gasteiger partial charge in [-0.1, -0.05) is 12.1 Å². The van der Waals surface area contributed by atoms with Gasteiger partial charge in [0.05, 0.1) is 12.8 Å². The minimum atomic E-state index is 0.760. The van der Waals surface area contributed by atoms with Crippen LogP contribution >= 0.6 is 0 Å². The minimum absolute atomic E-state index is 0.760. The molecule has 88 valence electrons. The predicted molar refractivity (Wildman–Crippen MR) is 68.1 cm³/mol. The van der Waals surface area contributed by atoms with E-state index in [2.05, 4.69) is 10.1 Å². The summed E-state index contributed by atoms with van der Waals surface area (Å²) in [7, 11) is 1.64. The van der Waals surface area contributed by atoms with Crippen LogP contribution in [-0.4, -0.2) is 22.7 Å². The number of hydrogen-bond acceptors (Lipinski definition) is 3. The summed E-state index contributed by atoms with van der Waals surface area (Å²) in [4.78, 5) is 4.51. The van der Waals surface area contributed by atoms with E-state index in [1.807, 2.05) is 50.4 Å². The first kappa shape index (κ1) is 11.4. The second-order valence-electron chi connectivity index (χ2n) is 3.73. The lowest BCUT2D eigenvalue weighted by atomic mass is 10.3. The van der Waals surface area contributed by atoms with Crippen LogP contribution in [0.25, 0.3) is 0 Å². The first-order valence-electron chi connectivity index (χ1n) is 5.41. The summed E-state index contributed by atoms with van der Waals surface area (Å²) in [5.74, 6) is 1.57. The third-order valence-corrected chi connectivity index (χ3v) is 2.42. The van der Waals surface area contributed by atoms with Gasteiger partial charge in [0.1, 0.15) is 17.3 Å². The van der Waals surface area contributed by atoms with E-state index in [1.165, 1.54) is 0 Å². The number of methoxy groups -OCH3 is 1. The first-order chi connectivity index (χ1) is 8.20. The maximum Gasteiger partial charge on any atom is 0.144 e. The van der Waals surface area contributed by atoms with Gasteiger partial charge in [-0.25, -0.2) is 9.67 Å². The molecule has 17 heavy (non-hydrogen) atoms. The predicted octanol–water partition coefficient (Wildman–Crippen LogP) is 2.80. The van der Waals surface area contributed by atoms with Crippen LogP contribution in [0.4, 0.5) is 5.69 Å². The average molecular weight is 229 g/mol. The van der Waals surface area contributed by atoms with Gasteiger partial charge in [0.2, 0.25) is 0 Å². The largest absolute Gasteiger partial charge is 0.494 e. The number of para-hydroxylation sites is 2. The van der Waals surface area contributed by atoms with Crippen molar-refractivity contribution in [2.45, 2.75) is 13.8 Å². The van der Waals surface area contributed by atoms with Crippen LogP contribution in [0.2, 0.25) is 0 Å². The van der Waals surface area contributed by atoms with Crippen molar-refractivity contribution in [2.75, 3.05) is 7.11 Å². The van der Waals surface area contributed by atoms with E-state index in [9.17, 15) is 0 Å². The molecule has 1 aromatic carbocycles. The Morgan fingerprint density at radius 3 is 2.71 bits per heavy atom. The lowest BCUT2D eigenvalue weighted by Crippen LogP contribution is -2.07. The fourth-order valence-corrected chi connectivity index (χ4v) is 1.54. The second-order valence-corrected chi connectivity index (χ2v) is 3.73. The zero-order chi connectivity index (χ0) is 12.3. The number of aromatic nitrogens is 2. The van der Waals surface area contributed by atoms with Crippen molar-refractivity contribution in [1.29, 1.82) is 0 Å². The number of rotatable bonds is 2. The molecule has 0 aliphatic rings. The number of ether oxygens (including phenoxy) is 1. The molecule has 1 aromatic heterocycles. The molecular weight excluding hydrogens is 214 g/mol. The van der Waals surface area contributed by atoms with Crippen molar-refractivity contribution in [3.05, 3.63) is 42.2 Å². The topological polar surface area (TPSA) is 39.4 Å². The van der Waals surface area contributed by atoms with Gasteiger partial charge in [-0.15, -0.1) is 0 Å². The summed E-state index contributed by atoms with van der Waals surface area (Å²) in [6.45, 7) is 3.87. The molecule has 0 fully saturated rings. The van der Waals surface area contributed by atoms with Crippen LogP contribution in [0.15, 0.2) is 41.5 Å². The molecule has 0 amide bonds. The molecule has 0 unspecified atom stereocenters. The third-order valence-electron chi connectivity index (χ3n) is 2.42. The Morgan fingerprint density at radius 1 is 1.29 bits per heavy atom. The van der Waals surface area contributed by atoms with E-state index >= 15 is 0 Å². The number of hydrogen-bond donors (Lipinski definition) is 0. The Bertz CT molecular complexity index is 543. The van der Waals surface area contributed by atoms with Gasteiger partial charge >= 0.3 is 0 Å². The van der Waals surface area contributed by atoms with Crippen molar-refractivity contribution in [3.63, 3.8) is 0 Å². The normalized spacial score (nSPS) is 11.6. The molecule has 4 nitrogen and oxygen atoms in total. The van der Waals surface area contributed by atoms with E-state index in [4.69, 9.17) is 4.74 Å². The van der Waals surface area contributed by atoms with Gasteiger partial charge in [-0.2, -0.15) is 5.10 Å². The Hall–Kier alpha value is -2.10. The summed E-state index contributed by atoms with van der Waals surface area (Å²) < 4.78 is 7.00. The molecule has 0 aliphatic carbocycles. The molecular formula is C13H15N3O. The zero-order valence-electron chi connectivity index (χ0n) is 10.2. The van der Waals surface area contributed by atoms with E-state index in [0.29, 0.717) is 0 Å². The number of aryl methyl sites for hydroxylation is 1. The van der Waals surface area contributed by atoms with E-state index in [1.54, 1.807) is 11.8 Å². The van der Waals surface area contributed by atoms with Crippen molar-refractivity contribution in [1.82, 2.24) is 9.78 Å². The highest BCUT2D eigenvalue weighted by atomic mass is 16.5. The number of nitrogens with zero attached hydrogens (tertiary/aromatic N) is 3. The van der Waals surface area contributed by atoms with Gasteiger partial charge in [-0.05, 0) is 32.0 Å². The molecule has 2 rings (SSSR count). The molecule has 2 aromatic rings. The van der Waals surface area contributed by atoms with Crippen molar-refractivity contribution >= 4 is 11.5 Å². The second kappa shape index (κ2) is 4.82.